The van der Waals surface area contributed by atoms with Gasteiger partial charge < -0.3 is 14.7 Å². The van der Waals surface area contributed by atoms with Gasteiger partial charge in [-0.05, 0) is 19.1 Å². The third-order valence-electron chi connectivity index (χ3n) is 2.01. The average Bonchev–Trinajstić information content (AvgIpc) is 2.38. The number of aromatic carboxylic acids is 1. The smallest absolute Gasteiger partial charge is 0.339 e. The number of hydrogen-bond acceptors (Lipinski definition) is 5. The second-order valence-electron chi connectivity index (χ2n) is 3.62. The quantitative estimate of drug-likeness (QED) is 0.266. The van der Waals surface area contributed by atoms with Gasteiger partial charge in [-0.1, -0.05) is 18.7 Å². The molecular weight excluding hydrogens is 252 g/mol. The molecule has 0 atom stereocenters. The number of esters is 1. The van der Waals surface area contributed by atoms with Crippen LogP contribution in [0.5, 0.6) is 5.75 Å². The van der Waals surface area contributed by atoms with Crippen LogP contribution in [-0.4, -0.2) is 30.3 Å². The van der Waals surface area contributed by atoms with Crippen molar-refractivity contribution in [2.24, 2.45) is 0 Å². The summed E-state index contributed by atoms with van der Waals surface area (Å²) in [6, 6.07) is 6.04. The van der Waals surface area contributed by atoms with E-state index in [1.165, 1.54) is 19.1 Å². The zero-order valence-electron chi connectivity index (χ0n) is 10.4. The Morgan fingerprint density at radius 2 is 1.95 bits per heavy atom. The van der Waals surface area contributed by atoms with E-state index < -0.39 is 11.9 Å². The highest BCUT2D eigenvalue weighted by atomic mass is 17.2. The summed E-state index contributed by atoms with van der Waals surface area (Å²) in [5, 5.41) is 8.89. The van der Waals surface area contributed by atoms with Crippen LogP contribution >= 0.6 is 0 Å². The van der Waals surface area contributed by atoms with Gasteiger partial charge in [0.25, 0.3) is 0 Å². The monoisotopic (exact) mass is 266 g/mol. The SMILES string of the molecule is C=C(C)C(=O)OCCOOc1ccccc1C(=O)O. The number of ether oxygens (including phenoxy) is 1. The van der Waals surface area contributed by atoms with E-state index in [9.17, 15) is 9.59 Å². The van der Waals surface area contributed by atoms with E-state index in [1.54, 1.807) is 12.1 Å². The third kappa shape index (κ3) is 4.81. The Balaban J connectivity index is 2.36. The van der Waals surface area contributed by atoms with Gasteiger partial charge in [-0.25, -0.2) is 9.59 Å². The zero-order valence-corrected chi connectivity index (χ0v) is 10.4. The van der Waals surface area contributed by atoms with Crippen LogP contribution in [0.1, 0.15) is 17.3 Å². The van der Waals surface area contributed by atoms with E-state index in [1.807, 2.05) is 0 Å². The molecule has 0 fully saturated rings. The Bertz CT molecular complexity index is 480. The second-order valence-corrected chi connectivity index (χ2v) is 3.62. The van der Waals surface area contributed by atoms with E-state index in [-0.39, 0.29) is 30.1 Å². The molecule has 0 saturated heterocycles. The molecule has 1 aromatic rings. The van der Waals surface area contributed by atoms with Crippen molar-refractivity contribution in [2.75, 3.05) is 13.2 Å². The molecular formula is C13H14O6. The topological polar surface area (TPSA) is 82.1 Å². The maximum Gasteiger partial charge on any atom is 0.339 e. The molecule has 19 heavy (non-hydrogen) atoms. The molecule has 1 N–H and O–H groups in total. The van der Waals surface area contributed by atoms with E-state index >= 15 is 0 Å². The molecule has 0 unspecified atom stereocenters. The molecule has 0 aliphatic carbocycles. The van der Waals surface area contributed by atoms with Crippen molar-refractivity contribution in [3.05, 3.63) is 42.0 Å². The van der Waals surface area contributed by atoms with Gasteiger partial charge in [0.15, 0.2) is 5.75 Å². The van der Waals surface area contributed by atoms with Gasteiger partial charge in [-0.3, -0.25) is 0 Å². The fourth-order valence-corrected chi connectivity index (χ4v) is 1.11. The first-order valence-corrected chi connectivity index (χ1v) is 5.47. The molecule has 6 nitrogen and oxygen atoms in total. The normalized spacial score (nSPS) is 9.74. The summed E-state index contributed by atoms with van der Waals surface area (Å²) in [6.45, 7) is 4.92. The van der Waals surface area contributed by atoms with Gasteiger partial charge in [-0.2, -0.15) is 4.89 Å². The van der Waals surface area contributed by atoms with E-state index in [0.717, 1.165) is 0 Å². The lowest BCUT2D eigenvalue weighted by molar-refractivity contribution is -0.215. The summed E-state index contributed by atoms with van der Waals surface area (Å²) in [4.78, 5) is 31.5. The molecule has 0 bridgehead atoms. The summed E-state index contributed by atoms with van der Waals surface area (Å²) >= 11 is 0. The van der Waals surface area contributed by atoms with Gasteiger partial charge in [-0.15, -0.1) is 0 Å². The molecule has 0 amide bonds. The fourth-order valence-electron chi connectivity index (χ4n) is 1.11. The molecule has 1 aromatic carbocycles. The molecule has 0 spiro atoms. The van der Waals surface area contributed by atoms with Crippen molar-refractivity contribution >= 4 is 11.9 Å². The number of para-hydroxylation sites is 1. The number of hydrogen-bond donors (Lipinski definition) is 1. The van der Waals surface area contributed by atoms with Crippen LogP contribution in [0, 0.1) is 0 Å². The molecule has 0 aliphatic heterocycles. The van der Waals surface area contributed by atoms with Crippen LogP contribution in [0.3, 0.4) is 0 Å². The zero-order chi connectivity index (χ0) is 14.3. The summed E-state index contributed by atoms with van der Waals surface area (Å²) in [5.74, 6) is -1.55. The van der Waals surface area contributed by atoms with Gasteiger partial charge in [0.05, 0.1) is 0 Å². The number of benzene rings is 1. The predicted molar refractivity (Wildman–Crippen MR) is 65.8 cm³/mol. The summed E-state index contributed by atoms with van der Waals surface area (Å²) in [6.07, 6.45) is 0. The molecule has 0 heterocycles. The summed E-state index contributed by atoms with van der Waals surface area (Å²) in [5.41, 5.74) is 0.276. The van der Waals surface area contributed by atoms with Crippen LogP contribution < -0.4 is 4.89 Å². The van der Waals surface area contributed by atoms with Gasteiger partial charge >= 0.3 is 11.9 Å². The van der Waals surface area contributed by atoms with E-state index in [4.69, 9.17) is 19.6 Å². The first kappa shape index (κ1) is 14.7. The van der Waals surface area contributed by atoms with Crippen molar-refractivity contribution < 1.29 is 29.2 Å². The highest BCUT2D eigenvalue weighted by molar-refractivity contribution is 5.90. The average molecular weight is 266 g/mol. The number of carboxylic acid groups (broad SMARTS) is 1. The molecule has 0 saturated carbocycles. The number of carboxylic acids is 1. The van der Waals surface area contributed by atoms with Crippen LogP contribution in [0.4, 0.5) is 0 Å². The molecule has 6 heteroatoms. The van der Waals surface area contributed by atoms with Crippen LogP contribution in [0.15, 0.2) is 36.4 Å². The predicted octanol–water partition coefficient (Wildman–Crippen LogP) is 1.81. The minimum atomic E-state index is -1.12. The van der Waals surface area contributed by atoms with Crippen molar-refractivity contribution in [3.8, 4) is 5.75 Å². The highest BCUT2D eigenvalue weighted by Crippen LogP contribution is 2.17. The standard InChI is InChI=1S/C13H14O6/c1-9(2)13(16)17-7-8-18-19-11-6-4-3-5-10(11)12(14)15/h3-6H,1,7-8H2,2H3,(H,14,15). The van der Waals surface area contributed by atoms with E-state index in [2.05, 4.69) is 6.58 Å². The largest absolute Gasteiger partial charge is 0.478 e. The minimum Gasteiger partial charge on any atom is -0.478 e. The first-order valence-electron chi connectivity index (χ1n) is 5.47. The highest BCUT2D eigenvalue weighted by Gasteiger charge is 2.11. The molecule has 0 aromatic heterocycles. The maximum atomic E-state index is 11.0. The summed E-state index contributed by atoms with van der Waals surface area (Å²) < 4.78 is 4.76. The Kier molecular flexibility index (Phi) is 5.56. The Morgan fingerprint density at radius 1 is 1.26 bits per heavy atom. The van der Waals surface area contributed by atoms with E-state index in [0.29, 0.717) is 0 Å². The van der Waals surface area contributed by atoms with Gasteiger partial charge in [0.1, 0.15) is 18.8 Å². The molecule has 0 aliphatic rings. The van der Waals surface area contributed by atoms with Crippen molar-refractivity contribution in [3.63, 3.8) is 0 Å². The second kappa shape index (κ2) is 7.17. The summed E-state index contributed by atoms with van der Waals surface area (Å²) in [7, 11) is 0. The number of carbonyl (C=O) groups is 2. The van der Waals surface area contributed by atoms with Crippen molar-refractivity contribution in [2.45, 2.75) is 6.92 Å². The fraction of sp³-hybridized carbons (Fsp3) is 0.231. The lowest BCUT2D eigenvalue weighted by Gasteiger charge is -2.07. The van der Waals surface area contributed by atoms with Crippen LogP contribution in [0.25, 0.3) is 0 Å². The van der Waals surface area contributed by atoms with Crippen LogP contribution in [-0.2, 0) is 14.4 Å². The van der Waals surface area contributed by atoms with Gasteiger partial charge in [0, 0.05) is 5.57 Å². The van der Waals surface area contributed by atoms with Crippen molar-refractivity contribution in [1.29, 1.82) is 0 Å². The molecule has 102 valence electrons. The minimum absolute atomic E-state index is 0.0126. The lowest BCUT2D eigenvalue weighted by Crippen LogP contribution is -2.13. The number of carbonyl (C=O) groups excluding carboxylic acids is 1. The van der Waals surface area contributed by atoms with Crippen LogP contribution in [0.2, 0.25) is 0 Å². The third-order valence-corrected chi connectivity index (χ3v) is 2.01. The Morgan fingerprint density at radius 3 is 2.58 bits per heavy atom. The number of rotatable bonds is 7. The maximum absolute atomic E-state index is 11.0. The Labute approximate surface area is 110 Å². The molecule has 1 rings (SSSR count). The Hall–Kier alpha value is -2.34. The molecule has 0 radical (unpaired) electrons. The van der Waals surface area contributed by atoms with Gasteiger partial charge in [0.2, 0.25) is 0 Å². The first-order chi connectivity index (χ1) is 9.02. The van der Waals surface area contributed by atoms with Crippen molar-refractivity contribution in [1.82, 2.24) is 0 Å². The lowest BCUT2D eigenvalue weighted by atomic mass is 10.2.